The Labute approximate surface area is 355 Å². The van der Waals surface area contributed by atoms with Crippen molar-refractivity contribution in [2.45, 2.75) is 20.3 Å². The van der Waals surface area contributed by atoms with Crippen molar-refractivity contribution in [2.75, 3.05) is 14.2 Å². The zero-order valence-electron chi connectivity index (χ0n) is 34.4. The molecule has 0 bridgehead atoms. The number of fused-ring (bicyclic) bond motifs is 6. The summed E-state index contributed by atoms with van der Waals surface area (Å²) in [6.07, 6.45) is 1.05. The van der Waals surface area contributed by atoms with Crippen molar-refractivity contribution >= 4 is 21.8 Å². The predicted molar refractivity (Wildman–Crippen MR) is 245 cm³/mol. The molecular formula is C55H42FN3O2. The average molecular weight is 796 g/mol. The molecule has 6 heteroatoms. The summed E-state index contributed by atoms with van der Waals surface area (Å²) in [4.78, 5) is 0. The summed E-state index contributed by atoms with van der Waals surface area (Å²) in [6, 6.07) is 59.7. The van der Waals surface area contributed by atoms with Gasteiger partial charge in [0.1, 0.15) is 17.3 Å². The molecule has 1 aliphatic carbocycles. The minimum Gasteiger partial charge on any atom is -0.497 e. The first kappa shape index (κ1) is 39.9. The molecule has 0 N–H and O–H groups in total. The van der Waals surface area contributed by atoms with Crippen LogP contribution in [0.15, 0.2) is 170 Å². The Morgan fingerprint density at radius 3 is 1.66 bits per heavy atom. The van der Waals surface area contributed by atoms with Crippen LogP contribution in [0, 0.1) is 42.3 Å². The number of rotatable bonds is 5. The Bertz CT molecular complexity index is 3140. The lowest BCUT2D eigenvalue weighted by molar-refractivity contribution is 0.415. The van der Waals surface area contributed by atoms with Crippen molar-refractivity contribution in [1.82, 2.24) is 4.57 Å². The first-order valence-corrected chi connectivity index (χ1v) is 20.0. The van der Waals surface area contributed by atoms with Crippen LogP contribution in [0.1, 0.15) is 33.4 Å². The van der Waals surface area contributed by atoms with Crippen LogP contribution in [0.25, 0.3) is 60.9 Å². The number of aryl methyl sites for hydroxylation is 2. The smallest absolute Gasteiger partial charge is 0.131 e. The molecule has 10 rings (SSSR count). The number of nitrogens with zero attached hydrogens (tertiary/aromatic N) is 3. The lowest BCUT2D eigenvalue weighted by Crippen LogP contribution is -1.98. The van der Waals surface area contributed by atoms with Crippen molar-refractivity contribution in [3.63, 3.8) is 0 Å². The molecule has 61 heavy (non-hydrogen) atoms. The Kier molecular flexibility index (Phi) is 11.4. The van der Waals surface area contributed by atoms with Crippen molar-refractivity contribution in [1.29, 1.82) is 10.5 Å². The fraction of sp³-hybridized carbons (Fsp3) is 0.0909. The van der Waals surface area contributed by atoms with E-state index < -0.39 is 0 Å². The van der Waals surface area contributed by atoms with E-state index in [4.69, 9.17) is 14.7 Å². The van der Waals surface area contributed by atoms with Gasteiger partial charge in [-0.1, -0.05) is 102 Å². The second-order valence-corrected chi connectivity index (χ2v) is 15.0. The minimum atomic E-state index is -0.305. The Hall–Kier alpha value is -7.93. The molecule has 0 saturated heterocycles. The molecule has 296 valence electrons. The van der Waals surface area contributed by atoms with Crippen LogP contribution in [0.4, 0.5) is 4.39 Å². The van der Waals surface area contributed by atoms with Gasteiger partial charge in [0.25, 0.3) is 0 Å². The van der Waals surface area contributed by atoms with E-state index >= 15 is 0 Å². The number of hydrogen-bond acceptors (Lipinski definition) is 4. The van der Waals surface area contributed by atoms with E-state index in [1.165, 1.54) is 50.9 Å². The highest BCUT2D eigenvalue weighted by Crippen LogP contribution is 2.40. The Morgan fingerprint density at radius 2 is 1.00 bits per heavy atom. The summed E-state index contributed by atoms with van der Waals surface area (Å²) in [6.45, 7) is 4.25. The number of nitriles is 2. The first-order valence-electron chi connectivity index (χ1n) is 20.0. The van der Waals surface area contributed by atoms with Crippen molar-refractivity contribution < 1.29 is 13.9 Å². The van der Waals surface area contributed by atoms with E-state index in [0.717, 1.165) is 56.7 Å². The lowest BCUT2D eigenvalue weighted by atomic mass is 10.0. The molecule has 1 aromatic heterocycles. The molecule has 0 unspecified atom stereocenters. The van der Waals surface area contributed by atoms with Gasteiger partial charge in [0, 0.05) is 21.9 Å². The van der Waals surface area contributed by atoms with Crippen LogP contribution in [-0.2, 0) is 6.42 Å². The average Bonchev–Trinajstić information content (AvgIpc) is 3.83. The standard InChI is InChI=1S/C27H20N2O.C15H14O.C13H8FN/c1-18-8-11-26-23(14-18)24-16-21(30-2)10-13-27(24)29(26)25-12-9-19(17-28)15-22(25)20-6-4-3-5-7-20;1-10-3-4-11-8-12-5-6-13(16-2)9-15(12)14(11)7-10;14-13-7-6-10(9-15)8-12(13)11-4-2-1-3-5-11/h3-16H,1-2H3;3-7,9H,8H2,1-2H3;1-8H. The van der Waals surface area contributed by atoms with Crippen LogP contribution < -0.4 is 9.47 Å². The maximum absolute atomic E-state index is 13.5. The highest BCUT2D eigenvalue weighted by molar-refractivity contribution is 6.10. The summed E-state index contributed by atoms with van der Waals surface area (Å²) in [5.41, 5.74) is 15.8. The van der Waals surface area contributed by atoms with E-state index in [9.17, 15) is 9.65 Å². The molecule has 0 radical (unpaired) electrons. The van der Waals surface area contributed by atoms with E-state index in [1.807, 2.05) is 84.9 Å². The largest absolute Gasteiger partial charge is 0.497 e. The number of benzene rings is 8. The van der Waals surface area contributed by atoms with Gasteiger partial charge in [-0.25, -0.2) is 4.39 Å². The molecule has 8 aromatic carbocycles. The van der Waals surface area contributed by atoms with Gasteiger partial charge < -0.3 is 14.0 Å². The third-order valence-electron chi connectivity index (χ3n) is 11.0. The molecule has 1 aliphatic rings. The highest BCUT2D eigenvalue weighted by atomic mass is 19.1. The third-order valence-corrected chi connectivity index (χ3v) is 11.0. The monoisotopic (exact) mass is 795 g/mol. The summed E-state index contributed by atoms with van der Waals surface area (Å²) in [5.74, 6) is 1.47. The van der Waals surface area contributed by atoms with Crippen LogP contribution >= 0.6 is 0 Å². The van der Waals surface area contributed by atoms with E-state index in [1.54, 1.807) is 20.3 Å². The van der Waals surface area contributed by atoms with Crippen LogP contribution in [0.2, 0.25) is 0 Å². The van der Waals surface area contributed by atoms with Crippen LogP contribution in [0.5, 0.6) is 11.5 Å². The van der Waals surface area contributed by atoms with Gasteiger partial charge in [-0.3, -0.25) is 0 Å². The van der Waals surface area contributed by atoms with Gasteiger partial charge in [0.05, 0.1) is 54.2 Å². The normalized spacial score (nSPS) is 10.9. The molecule has 0 aliphatic heterocycles. The minimum absolute atomic E-state index is 0.305. The number of halogens is 1. The second-order valence-electron chi connectivity index (χ2n) is 15.0. The predicted octanol–water partition coefficient (Wildman–Crippen LogP) is 13.6. The molecule has 0 atom stereocenters. The number of aromatic nitrogens is 1. The quantitative estimate of drug-likeness (QED) is 0.174. The number of hydrogen-bond donors (Lipinski definition) is 0. The van der Waals surface area contributed by atoms with Crippen LogP contribution in [-0.4, -0.2) is 18.8 Å². The van der Waals surface area contributed by atoms with Crippen molar-refractivity contribution in [3.05, 3.63) is 209 Å². The Balaban J connectivity index is 0.000000139. The maximum Gasteiger partial charge on any atom is 0.131 e. The van der Waals surface area contributed by atoms with Gasteiger partial charge in [-0.05, 0) is 133 Å². The molecular weight excluding hydrogens is 754 g/mol. The fourth-order valence-corrected chi connectivity index (χ4v) is 7.97. The first-order chi connectivity index (χ1) is 29.8. The Morgan fingerprint density at radius 1 is 0.492 bits per heavy atom. The highest BCUT2D eigenvalue weighted by Gasteiger charge is 2.19. The molecule has 5 nitrogen and oxygen atoms in total. The summed E-state index contributed by atoms with van der Waals surface area (Å²) < 4.78 is 26.5. The SMILES string of the molecule is COc1ccc2c(c1)-c1cc(C)ccc1C2.COc1ccc2c(c1)c1cc(C)ccc1n2-c1ccc(C#N)cc1-c1ccccc1.N#Cc1ccc(F)c(-c2ccccc2)c1. The summed E-state index contributed by atoms with van der Waals surface area (Å²) in [7, 11) is 3.41. The third kappa shape index (κ3) is 8.21. The number of ether oxygens (including phenoxy) is 2. The zero-order valence-corrected chi connectivity index (χ0v) is 34.4. The summed E-state index contributed by atoms with van der Waals surface area (Å²) >= 11 is 0. The van der Waals surface area contributed by atoms with Gasteiger partial charge >= 0.3 is 0 Å². The molecule has 0 spiro atoms. The van der Waals surface area contributed by atoms with Gasteiger partial charge in [0.15, 0.2) is 0 Å². The maximum atomic E-state index is 13.5. The van der Waals surface area contributed by atoms with Crippen LogP contribution in [0.3, 0.4) is 0 Å². The van der Waals surface area contributed by atoms with Crippen molar-refractivity contribution in [2.24, 2.45) is 0 Å². The zero-order chi connectivity index (χ0) is 42.5. The fourth-order valence-electron chi connectivity index (χ4n) is 7.97. The van der Waals surface area contributed by atoms with E-state index in [2.05, 4.69) is 97.3 Å². The lowest BCUT2D eigenvalue weighted by Gasteiger charge is -2.14. The van der Waals surface area contributed by atoms with E-state index in [-0.39, 0.29) is 5.82 Å². The van der Waals surface area contributed by atoms with E-state index in [0.29, 0.717) is 16.7 Å². The van der Waals surface area contributed by atoms with Gasteiger partial charge in [-0.15, -0.1) is 0 Å². The van der Waals surface area contributed by atoms with Gasteiger partial charge in [0.2, 0.25) is 0 Å². The topological polar surface area (TPSA) is 71.0 Å². The molecule has 1 heterocycles. The number of methoxy groups -OCH3 is 2. The summed E-state index contributed by atoms with van der Waals surface area (Å²) in [5, 5.41) is 20.6. The van der Waals surface area contributed by atoms with Crippen molar-refractivity contribution in [3.8, 4) is 62.7 Å². The molecule has 0 amide bonds. The molecule has 0 fully saturated rings. The molecule has 9 aromatic rings. The molecule has 0 saturated carbocycles. The van der Waals surface area contributed by atoms with Gasteiger partial charge in [-0.2, -0.15) is 10.5 Å². The second kappa shape index (κ2) is 17.5.